The molecule has 8 heteroatoms. The number of hydrogen-bond donors (Lipinski definition) is 1. The van der Waals surface area contributed by atoms with Crippen molar-refractivity contribution in [2.24, 2.45) is 0 Å². The summed E-state index contributed by atoms with van der Waals surface area (Å²) in [5.41, 5.74) is 0. The first-order valence-electron chi connectivity index (χ1n) is 7.03. The molecular formula is C13H17ClF2N4O. The lowest BCUT2D eigenvalue weighted by Crippen LogP contribution is -2.37. The molecule has 1 aliphatic heterocycles. The maximum atomic E-state index is 13.2. The zero-order valence-corrected chi connectivity index (χ0v) is 12.2. The summed E-state index contributed by atoms with van der Waals surface area (Å²) in [7, 11) is 0. The number of nitrogens with zero attached hydrogens (tertiary/aromatic N) is 3. The number of morpholine rings is 1. The Morgan fingerprint density at radius 3 is 2.76 bits per heavy atom. The van der Waals surface area contributed by atoms with Crippen LogP contribution in [0.1, 0.15) is 19.3 Å². The van der Waals surface area contributed by atoms with Gasteiger partial charge in [0.05, 0.1) is 13.2 Å². The van der Waals surface area contributed by atoms with Gasteiger partial charge >= 0.3 is 0 Å². The molecule has 5 nitrogen and oxygen atoms in total. The van der Waals surface area contributed by atoms with Crippen molar-refractivity contribution in [3.8, 4) is 0 Å². The molecule has 0 bridgehead atoms. The lowest BCUT2D eigenvalue weighted by molar-refractivity contribution is 0.00851. The van der Waals surface area contributed by atoms with Gasteiger partial charge in [0.15, 0.2) is 0 Å². The third kappa shape index (κ3) is 3.71. The molecule has 21 heavy (non-hydrogen) atoms. The quantitative estimate of drug-likeness (QED) is 0.868. The maximum absolute atomic E-state index is 13.2. The van der Waals surface area contributed by atoms with Crippen molar-refractivity contribution < 1.29 is 13.5 Å². The van der Waals surface area contributed by atoms with Gasteiger partial charge in [-0.2, -0.15) is 4.98 Å². The van der Waals surface area contributed by atoms with Crippen molar-refractivity contribution in [1.82, 2.24) is 9.97 Å². The van der Waals surface area contributed by atoms with Crippen LogP contribution in [-0.4, -0.2) is 48.2 Å². The molecule has 0 amide bonds. The van der Waals surface area contributed by atoms with E-state index in [0.717, 1.165) is 13.1 Å². The van der Waals surface area contributed by atoms with E-state index in [0.29, 0.717) is 36.6 Å². The molecule has 1 saturated carbocycles. The van der Waals surface area contributed by atoms with Crippen molar-refractivity contribution in [2.75, 3.05) is 36.5 Å². The van der Waals surface area contributed by atoms with Crippen molar-refractivity contribution in [2.45, 2.75) is 31.2 Å². The zero-order valence-electron chi connectivity index (χ0n) is 11.5. The van der Waals surface area contributed by atoms with Crippen molar-refractivity contribution in [1.29, 1.82) is 0 Å². The standard InChI is InChI=1S/C13H17ClF2N4O/c14-10-7-11(20-3-5-21-6-4-20)19-12(18-10)17-9-1-2-13(15,16)8-9/h7,9H,1-6,8H2,(H,17,18,19). The smallest absolute Gasteiger partial charge is 0.250 e. The van der Waals surface area contributed by atoms with Crippen molar-refractivity contribution >= 4 is 23.4 Å². The van der Waals surface area contributed by atoms with Crippen LogP contribution in [0.25, 0.3) is 0 Å². The molecular weight excluding hydrogens is 302 g/mol. The van der Waals surface area contributed by atoms with Gasteiger partial charge in [-0.05, 0) is 6.42 Å². The molecule has 1 aromatic rings. The fraction of sp³-hybridized carbons (Fsp3) is 0.692. The molecule has 116 valence electrons. The topological polar surface area (TPSA) is 50.3 Å². The average molecular weight is 319 g/mol. The summed E-state index contributed by atoms with van der Waals surface area (Å²) in [6, 6.07) is 1.37. The number of ether oxygens (including phenoxy) is 1. The fourth-order valence-corrected chi connectivity index (χ4v) is 2.86. The third-order valence-electron chi connectivity index (χ3n) is 3.75. The van der Waals surface area contributed by atoms with E-state index in [1.54, 1.807) is 6.07 Å². The SMILES string of the molecule is FC1(F)CCC(Nc2nc(Cl)cc(N3CCOCC3)n2)C1. The van der Waals surface area contributed by atoms with E-state index in [9.17, 15) is 8.78 Å². The number of halogens is 3. The van der Waals surface area contributed by atoms with Crippen LogP contribution in [0.15, 0.2) is 6.07 Å². The largest absolute Gasteiger partial charge is 0.378 e. The van der Waals surface area contributed by atoms with E-state index >= 15 is 0 Å². The molecule has 0 radical (unpaired) electrons. The highest BCUT2D eigenvalue weighted by Crippen LogP contribution is 2.36. The Balaban J connectivity index is 1.72. The second-order valence-electron chi connectivity index (χ2n) is 5.41. The molecule has 1 aromatic heterocycles. The van der Waals surface area contributed by atoms with Crippen molar-refractivity contribution in [3.05, 3.63) is 11.2 Å². The van der Waals surface area contributed by atoms with Gasteiger partial charge in [0, 0.05) is 38.0 Å². The van der Waals surface area contributed by atoms with Gasteiger partial charge in [-0.3, -0.25) is 0 Å². The van der Waals surface area contributed by atoms with E-state index in [-0.39, 0.29) is 18.9 Å². The highest BCUT2D eigenvalue weighted by Gasteiger charge is 2.39. The molecule has 2 aliphatic rings. The molecule has 0 aromatic carbocycles. The van der Waals surface area contributed by atoms with Crippen LogP contribution in [0.3, 0.4) is 0 Å². The number of nitrogens with one attached hydrogen (secondary N) is 1. The predicted octanol–water partition coefficient (Wildman–Crippen LogP) is 2.57. The highest BCUT2D eigenvalue weighted by atomic mass is 35.5. The minimum absolute atomic E-state index is 0.0957. The van der Waals surface area contributed by atoms with Crippen molar-refractivity contribution in [3.63, 3.8) is 0 Å². The number of alkyl halides is 2. The van der Waals surface area contributed by atoms with E-state index in [4.69, 9.17) is 16.3 Å². The number of aromatic nitrogens is 2. The Kier molecular flexibility index (Phi) is 4.12. The summed E-state index contributed by atoms with van der Waals surface area (Å²) >= 11 is 6.01. The lowest BCUT2D eigenvalue weighted by Gasteiger charge is -2.28. The van der Waals surface area contributed by atoms with Crippen LogP contribution >= 0.6 is 11.6 Å². The summed E-state index contributed by atoms with van der Waals surface area (Å²) in [5.74, 6) is -1.58. The zero-order chi connectivity index (χ0) is 14.9. The summed E-state index contributed by atoms with van der Waals surface area (Å²) < 4.78 is 31.7. The molecule has 3 rings (SSSR count). The first kappa shape index (κ1) is 14.7. The Morgan fingerprint density at radius 2 is 2.10 bits per heavy atom. The molecule has 1 saturated heterocycles. The number of hydrogen-bond acceptors (Lipinski definition) is 5. The lowest BCUT2D eigenvalue weighted by atomic mass is 10.2. The van der Waals surface area contributed by atoms with Gasteiger partial charge in [0.2, 0.25) is 11.9 Å². The number of anilines is 2. The fourth-order valence-electron chi connectivity index (χ4n) is 2.68. The maximum Gasteiger partial charge on any atom is 0.250 e. The minimum atomic E-state index is -2.59. The average Bonchev–Trinajstić information content (AvgIpc) is 2.78. The molecule has 0 spiro atoms. The summed E-state index contributed by atoms with van der Waals surface area (Å²) in [4.78, 5) is 10.5. The van der Waals surface area contributed by atoms with Gasteiger partial charge in [-0.1, -0.05) is 11.6 Å². The Labute approximate surface area is 126 Å². The summed E-state index contributed by atoms with van der Waals surface area (Å²) in [6.45, 7) is 2.74. The Bertz CT molecular complexity index is 511. The van der Waals surface area contributed by atoms with Gasteiger partial charge < -0.3 is 15.0 Å². The molecule has 2 fully saturated rings. The van der Waals surface area contributed by atoms with E-state index < -0.39 is 5.92 Å². The van der Waals surface area contributed by atoms with Gasteiger partial charge in [-0.15, -0.1) is 0 Å². The Morgan fingerprint density at radius 1 is 1.33 bits per heavy atom. The van der Waals surface area contributed by atoms with Crippen LogP contribution in [0.5, 0.6) is 0 Å². The van der Waals surface area contributed by atoms with Gasteiger partial charge in [0.1, 0.15) is 11.0 Å². The summed E-state index contributed by atoms with van der Waals surface area (Å²) in [5, 5.41) is 3.28. The molecule has 1 unspecified atom stereocenters. The predicted molar refractivity (Wildman–Crippen MR) is 76.3 cm³/mol. The van der Waals surface area contributed by atoms with E-state index in [2.05, 4.69) is 15.3 Å². The Hall–Kier alpha value is -1.21. The monoisotopic (exact) mass is 318 g/mol. The minimum Gasteiger partial charge on any atom is -0.378 e. The first-order valence-corrected chi connectivity index (χ1v) is 7.41. The van der Waals surface area contributed by atoms with Crippen LogP contribution in [0.2, 0.25) is 5.15 Å². The molecule has 1 N–H and O–H groups in total. The third-order valence-corrected chi connectivity index (χ3v) is 3.95. The second kappa shape index (κ2) is 5.88. The van der Waals surface area contributed by atoms with E-state index in [1.807, 2.05) is 4.90 Å². The highest BCUT2D eigenvalue weighted by molar-refractivity contribution is 6.29. The molecule has 2 heterocycles. The van der Waals surface area contributed by atoms with Crippen LogP contribution < -0.4 is 10.2 Å². The van der Waals surface area contributed by atoms with Crippen LogP contribution in [0.4, 0.5) is 20.5 Å². The first-order chi connectivity index (χ1) is 10.0. The van der Waals surface area contributed by atoms with Gasteiger partial charge in [0.25, 0.3) is 0 Å². The summed E-state index contributed by atoms with van der Waals surface area (Å²) in [6.07, 6.45) is 0.132. The second-order valence-corrected chi connectivity index (χ2v) is 5.80. The van der Waals surface area contributed by atoms with Gasteiger partial charge in [-0.25, -0.2) is 13.8 Å². The molecule has 1 atom stereocenters. The van der Waals surface area contributed by atoms with Crippen LogP contribution in [-0.2, 0) is 4.74 Å². The van der Waals surface area contributed by atoms with Crippen LogP contribution in [0, 0.1) is 0 Å². The van der Waals surface area contributed by atoms with E-state index in [1.165, 1.54) is 0 Å². The molecule has 1 aliphatic carbocycles. The number of rotatable bonds is 3. The normalized spacial score (nSPS) is 25.1.